The second-order valence-corrected chi connectivity index (χ2v) is 4.76. The number of hydrogen-bond acceptors (Lipinski definition) is 3. The van der Waals surface area contributed by atoms with Crippen LogP contribution >= 0.6 is 22.0 Å². The van der Waals surface area contributed by atoms with Crippen LogP contribution in [0.3, 0.4) is 0 Å². The molecular weight excluding hydrogens is 194 g/mol. The third kappa shape index (κ3) is 2.55. The number of hydrogen-bond donors (Lipinski definition) is 1. The maximum atomic E-state index is 10.4. The Morgan fingerprint density at radius 2 is 2.30 bits per heavy atom. The summed E-state index contributed by atoms with van der Waals surface area (Å²) in [6.45, 7) is 0. The monoisotopic (exact) mass is 197 g/mol. The lowest BCUT2D eigenvalue weighted by atomic mass is 10.6. The van der Waals surface area contributed by atoms with Gasteiger partial charge in [0, 0.05) is 10.7 Å². The molecule has 0 aliphatic rings. The molecule has 0 unspecified atom stereocenters. The fourth-order valence-electron chi connectivity index (χ4n) is 0.457. The molecule has 1 aromatic rings. The first kappa shape index (κ1) is 7.84. The second kappa shape index (κ2) is 2.77. The van der Waals surface area contributed by atoms with Crippen molar-refractivity contribution in [2.45, 2.75) is 0 Å². The Hall–Kier alpha value is -0.260. The minimum atomic E-state index is -3.61. The highest BCUT2D eigenvalue weighted by molar-refractivity contribution is 8.14. The summed E-state index contributed by atoms with van der Waals surface area (Å²) in [5.74, 6) is 0. The molecule has 0 aliphatic carbocycles. The van der Waals surface area contributed by atoms with E-state index in [0.29, 0.717) is 5.00 Å². The number of nitrogens with one attached hydrogen (secondary N) is 1. The van der Waals surface area contributed by atoms with Crippen molar-refractivity contribution in [3.05, 3.63) is 17.5 Å². The van der Waals surface area contributed by atoms with E-state index in [2.05, 4.69) is 4.72 Å². The largest absolute Gasteiger partial charge is 0.319 e. The Kier molecular flexibility index (Phi) is 2.18. The van der Waals surface area contributed by atoms with Gasteiger partial charge in [-0.15, -0.1) is 11.3 Å². The lowest BCUT2D eigenvalue weighted by molar-refractivity contribution is 0.614. The molecule has 0 saturated carbocycles. The molecule has 1 heterocycles. The van der Waals surface area contributed by atoms with Crippen molar-refractivity contribution in [3.8, 4) is 0 Å². The fourth-order valence-corrected chi connectivity index (χ4v) is 2.13. The number of rotatable bonds is 2. The Bertz CT molecular complexity index is 291. The van der Waals surface area contributed by atoms with Gasteiger partial charge in [-0.1, -0.05) is 0 Å². The van der Waals surface area contributed by atoms with E-state index in [4.69, 9.17) is 10.7 Å². The van der Waals surface area contributed by atoms with Gasteiger partial charge in [0.05, 0.1) is 0 Å². The predicted octanol–water partition coefficient (Wildman–Crippen LogP) is 1.64. The standard InChI is InChI=1S/C4H4ClNO2S2/c5-10(7,8)6-4-2-1-3-9-4/h1-3,6H. The van der Waals surface area contributed by atoms with E-state index in [1.807, 2.05) is 0 Å². The molecular formula is C4H4ClNO2S2. The quantitative estimate of drug-likeness (QED) is 0.733. The molecule has 0 radical (unpaired) electrons. The number of halogens is 1. The maximum Gasteiger partial charge on any atom is 0.319 e. The minimum Gasteiger partial charge on any atom is -0.262 e. The Morgan fingerprint density at radius 1 is 1.60 bits per heavy atom. The second-order valence-electron chi connectivity index (χ2n) is 1.52. The topological polar surface area (TPSA) is 46.2 Å². The molecule has 1 rings (SSSR count). The van der Waals surface area contributed by atoms with Crippen LogP contribution in [0.2, 0.25) is 0 Å². The van der Waals surface area contributed by atoms with E-state index in [9.17, 15) is 8.42 Å². The minimum absolute atomic E-state index is 0.523. The zero-order chi connectivity index (χ0) is 7.61. The molecule has 1 aromatic heterocycles. The van der Waals surface area contributed by atoms with Gasteiger partial charge in [0.2, 0.25) is 0 Å². The molecule has 0 aliphatic heterocycles. The molecule has 3 nitrogen and oxygen atoms in total. The van der Waals surface area contributed by atoms with Crippen molar-refractivity contribution in [2.24, 2.45) is 0 Å². The van der Waals surface area contributed by atoms with Crippen LogP contribution in [0.1, 0.15) is 0 Å². The van der Waals surface area contributed by atoms with Crippen molar-refractivity contribution in [3.63, 3.8) is 0 Å². The Labute approximate surface area is 67.2 Å². The van der Waals surface area contributed by atoms with Crippen LogP contribution < -0.4 is 4.72 Å². The molecule has 0 amide bonds. The first-order valence-electron chi connectivity index (χ1n) is 2.34. The van der Waals surface area contributed by atoms with Gasteiger partial charge >= 0.3 is 9.24 Å². The van der Waals surface area contributed by atoms with Crippen molar-refractivity contribution < 1.29 is 8.42 Å². The zero-order valence-corrected chi connectivity index (χ0v) is 7.13. The SMILES string of the molecule is O=S(=O)(Cl)Nc1cccs1. The smallest absolute Gasteiger partial charge is 0.262 e. The van der Waals surface area contributed by atoms with Gasteiger partial charge < -0.3 is 0 Å². The molecule has 0 atom stereocenters. The summed E-state index contributed by atoms with van der Waals surface area (Å²) in [5.41, 5.74) is 0. The molecule has 56 valence electrons. The van der Waals surface area contributed by atoms with Crippen molar-refractivity contribution in [1.29, 1.82) is 0 Å². The fraction of sp³-hybridized carbons (Fsp3) is 0. The maximum absolute atomic E-state index is 10.4. The van der Waals surface area contributed by atoms with Crippen molar-refractivity contribution in [1.82, 2.24) is 0 Å². The molecule has 0 saturated heterocycles. The van der Waals surface area contributed by atoms with Crippen molar-refractivity contribution in [2.75, 3.05) is 4.72 Å². The van der Waals surface area contributed by atoms with Gasteiger partial charge in [0.1, 0.15) is 5.00 Å². The summed E-state index contributed by atoms with van der Waals surface area (Å²) in [5, 5.41) is 2.28. The van der Waals surface area contributed by atoms with Gasteiger partial charge in [0.25, 0.3) is 0 Å². The summed E-state index contributed by atoms with van der Waals surface area (Å²) in [6.07, 6.45) is 0. The molecule has 0 spiro atoms. The first-order chi connectivity index (χ1) is 4.58. The van der Waals surface area contributed by atoms with E-state index in [-0.39, 0.29) is 0 Å². The highest BCUT2D eigenvalue weighted by Crippen LogP contribution is 2.17. The summed E-state index contributed by atoms with van der Waals surface area (Å²) >= 11 is 1.28. The lowest BCUT2D eigenvalue weighted by Crippen LogP contribution is -2.01. The van der Waals surface area contributed by atoms with Crippen LogP contribution in [0.5, 0.6) is 0 Å². The van der Waals surface area contributed by atoms with Gasteiger partial charge in [0.15, 0.2) is 0 Å². The van der Waals surface area contributed by atoms with E-state index in [0.717, 1.165) is 0 Å². The summed E-state index contributed by atoms with van der Waals surface area (Å²) in [6, 6.07) is 3.36. The molecule has 6 heteroatoms. The predicted molar refractivity (Wildman–Crippen MR) is 42.7 cm³/mol. The molecule has 0 bridgehead atoms. The van der Waals surface area contributed by atoms with E-state index < -0.39 is 9.24 Å². The van der Waals surface area contributed by atoms with Gasteiger partial charge in [-0.05, 0) is 17.5 Å². The van der Waals surface area contributed by atoms with E-state index in [1.165, 1.54) is 11.3 Å². The summed E-state index contributed by atoms with van der Waals surface area (Å²) in [7, 11) is 1.28. The highest BCUT2D eigenvalue weighted by atomic mass is 35.7. The number of anilines is 1. The average Bonchev–Trinajstić information content (AvgIpc) is 2.12. The highest BCUT2D eigenvalue weighted by Gasteiger charge is 2.03. The lowest BCUT2D eigenvalue weighted by Gasteiger charge is -1.93. The van der Waals surface area contributed by atoms with E-state index >= 15 is 0 Å². The average molecular weight is 198 g/mol. The van der Waals surface area contributed by atoms with Gasteiger partial charge in [-0.3, -0.25) is 4.72 Å². The van der Waals surface area contributed by atoms with Crippen LogP contribution in [0.15, 0.2) is 17.5 Å². The molecule has 1 N–H and O–H groups in total. The number of thiophene rings is 1. The first-order valence-corrected chi connectivity index (χ1v) is 5.53. The van der Waals surface area contributed by atoms with Gasteiger partial charge in [-0.25, -0.2) is 0 Å². The normalized spacial score (nSPS) is 11.3. The molecule has 0 aromatic carbocycles. The van der Waals surface area contributed by atoms with Crippen LogP contribution in [0.4, 0.5) is 5.00 Å². The van der Waals surface area contributed by atoms with Crippen LogP contribution in [-0.2, 0) is 9.24 Å². The molecule has 0 fully saturated rings. The van der Waals surface area contributed by atoms with Crippen molar-refractivity contribution >= 4 is 36.3 Å². The van der Waals surface area contributed by atoms with Crippen LogP contribution in [0.25, 0.3) is 0 Å². The zero-order valence-electron chi connectivity index (χ0n) is 4.74. The Balaban J connectivity index is 2.75. The molecule has 10 heavy (non-hydrogen) atoms. The third-order valence-electron chi connectivity index (χ3n) is 0.744. The van der Waals surface area contributed by atoms with E-state index in [1.54, 1.807) is 17.5 Å². The Morgan fingerprint density at radius 3 is 2.70 bits per heavy atom. The van der Waals surface area contributed by atoms with Crippen LogP contribution in [-0.4, -0.2) is 8.42 Å². The van der Waals surface area contributed by atoms with Crippen LogP contribution in [0, 0.1) is 0 Å². The summed E-state index contributed by atoms with van der Waals surface area (Å²) < 4.78 is 22.8. The third-order valence-corrected chi connectivity index (χ3v) is 2.35. The summed E-state index contributed by atoms with van der Waals surface area (Å²) in [4.78, 5) is 0. The van der Waals surface area contributed by atoms with Gasteiger partial charge in [-0.2, -0.15) is 8.42 Å².